The van der Waals surface area contributed by atoms with Crippen LogP contribution in [0.5, 0.6) is 0 Å². The molecule has 3 heterocycles. The van der Waals surface area contributed by atoms with Gasteiger partial charge < -0.3 is 5.73 Å². The first kappa shape index (κ1) is 12.0. The van der Waals surface area contributed by atoms with E-state index >= 15 is 0 Å². The molecule has 0 saturated carbocycles. The van der Waals surface area contributed by atoms with Gasteiger partial charge >= 0.3 is 0 Å². The number of fused-ring (bicyclic) bond motifs is 1. The lowest BCUT2D eigenvalue weighted by Crippen LogP contribution is -2.14. The number of nitrogens with two attached hydrogens (primary N) is 1. The minimum absolute atomic E-state index is 0.178. The zero-order chi connectivity index (χ0) is 13.6. The molecule has 0 amide bonds. The van der Waals surface area contributed by atoms with E-state index in [-0.39, 0.29) is 5.56 Å². The molecule has 0 aromatic carbocycles. The van der Waals surface area contributed by atoms with Gasteiger partial charge in [-0.3, -0.25) is 9.89 Å². The van der Waals surface area contributed by atoms with Gasteiger partial charge in [-0.25, -0.2) is 9.97 Å². The maximum atomic E-state index is 11.8. The highest BCUT2D eigenvalue weighted by molar-refractivity contribution is 7.15. The lowest BCUT2D eigenvalue weighted by atomic mass is 10.4. The zero-order valence-corrected chi connectivity index (χ0v) is 11.3. The molecule has 7 nitrogen and oxygen atoms in total. The van der Waals surface area contributed by atoms with Crippen molar-refractivity contribution in [3.63, 3.8) is 0 Å². The number of hydrogen-bond acceptors (Lipinski definition) is 6. The molecule has 3 aromatic heterocycles. The molecule has 0 atom stereocenters. The van der Waals surface area contributed by atoms with Gasteiger partial charge in [-0.15, -0.1) is 11.3 Å². The minimum atomic E-state index is -0.178. The van der Waals surface area contributed by atoms with Crippen molar-refractivity contribution in [2.45, 2.75) is 20.4 Å². The van der Waals surface area contributed by atoms with Crippen molar-refractivity contribution in [2.24, 2.45) is 5.73 Å². The van der Waals surface area contributed by atoms with Crippen molar-refractivity contribution >= 4 is 17.1 Å². The van der Waals surface area contributed by atoms with Gasteiger partial charge in [-0.05, 0) is 13.8 Å². The topological polar surface area (TPSA) is 102 Å². The normalized spacial score (nSPS) is 11.3. The fourth-order valence-electron chi connectivity index (χ4n) is 1.85. The van der Waals surface area contributed by atoms with Gasteiger partial charge in [-0.1, -0.05) is 0 Å². The average molecular weight is 276 g/mol. The number of nitrogens with one attached hydrogen (secondary N) is 1. The Bertz CT molecular complexity index is 814. The average Bonchev–Trinajstić information content (AvgIpc) is 2.92. The summed E-state index contributed by atoms with van der Waals surface area (Å²) >= 11 is 1.46. The smallest absolute Gasteiger partial charge is 0.274 e. The number of hydrogen-bond donors (Lipinski definition) is 2. The third kappa shape index (κ3) is 1.94. The summed E-state index contributed by atoms with van der Waals surface area (Å²) in [4.78, 5) is 25.6. The van der Waals surface area contributed by atoms with Crippen LogP contribution < -0.4 is 11.3 Å². The highest BCUT2D eigenvalue weighted by atomic mass is 32.1. The Kier molecular flexibility index (Phi) is 2.68. The molecule has 0 bridgehead atoms. The van der Waals surface area contributed by atoms with Crippen molar-refractivity contribution in [2.75, 3.05) is 0 Å². The Hall–Kier alpha value is -2.06. The lowest BCUT2D eigenvalue weighted by molar-refractivity contribution is 0.892. The highest BCUT2D eigenvalue weighted by Gasteiger charge is 2.14. The Balaban J connectivity index is 2.23. The Morgan fingerprint density at radius 1 is 1.37 bits per heavy atom. The first-order valence-electron chi connectivity index (χ1n) is 5.71. The molecular weight excluding hydrogens is 264 g/mol. The summed E-state index contributed by atoms with van der Waals surface area (Å²) in [5.41, 5.74) is 6.89. The maximum absolute atomic E-state index is 11.8. The van der Waals surface area contributed by atoms with Crippen LogP contribution in [0.2, 0.25) is 0 Å². The molecule has 0 aliphatic heterocycles. The van der Waals surface area contributed by atoms with E-state index < -0.39 is 0 Å². The molecule has 19 heavy (non-hydrogen) atoms. The van der Waals surface area contributed by atoms with E-state index in [0.29, 0.717) is 23.8 Å². The molecule has 98 valence electrons. The van der Waals surface area contributed by atoms with Crippen LogP contribution >= 0.6 is 11.3 Å². The lowest BCUT2D eigenvalue weighted by Gasteiger charge is -1.91. The molecular formula is C11H12N6OS. The third-order valence-corrected chi connectivity index (χ3v) is 3.88. The second kappa shape index (κ2) is 4.25. The standard InChI is InChI=1S/C11H12N6OS/c1-5-3-8(18)17-11(13-5)15-10(16-17)9-6(2)14-7(4-12)19-9/h3H,4,12H2,1-2H3,(H,13,15,16). The summed E-state index contributed by atoms with van der Waals surface area (Å²) in [6, 6.07) is 1.46. The Labute approximate surface area is 112 Å². The van der Waals surface area contributed by atoms with Crippen molar-refractivity contribution < 1.29 is 0 Å². The number of H-pyrrole nitrogens is 1. The summed E-state index contributed by atoms with van der Waals surface area (Å²) in [6.45, 7) is 4.04. The first-order valence-corrected chi connectivity index (χ1v) is 6.53. The van der Waals surface area contributed by atoms with Crippen LogP contribution in [0.25, 0.3) is 16.5 Å². The van der Waals surface area contributed by atoms with Gasteiger partial charge in [0.2, 0.25) is 0 Å². The van der Waals surface area contributed by atoms with Gasteiger partial charge in [0.15, 0.2) is 5.82 Å². The second-order valence-corrected chi connectivity index (χ2v) is 5.25. The number of aryl methyl sites for hydroxylation is 2. The molecule has 0 aliphatic rings. The van der Waals surface area contributed by atoms with Crippen molar-refractivity contribution in [1.82, 2.24) is 24.6 Å². The van der Waals surface area contributed by atoms with Crippen molar-refractivity contribution in [1.29, 1.82) is 0 Å². The fraction of sp³-hybridized carbons (Fsp3) is 0.273. The van der Waals surface area contributed by atoms with Gasteiger partial charge in [0.1, 0.15) is 5.01 Å². The summed E-state index contributed by atoms with van der Waals surface area (Å²) in [5.74, 6) is 0.951. The summed E-state index contributed by atoms with van der Waals surface area (Å²) in [6.07, 6.45) is 0. The van der Waals surface area contributed by atoms with Crippen LogP contribution in [0.1, 0.15) is 16.4 Å². The van der Waals surface area contributed by atoms with Crippen molar-refractivity contribution in [3.05, 3.63) is 32.8 Å². The second-order valence-electron chi connectivity index (χ2n) is 4.17. The first-order chi connectivity index (χ1) is 9.08. The number of rotatable bonds is 2. The monoisotopic (exact) mass is 276 g/mol. The van der Waals surface area contributed by atoms with Crippen LogP contribution in [0, 0.1) is 13.8 Å². The molecule has 3 aromatic rings. The number of aromatic amines is 1. The van der Waals surface area contributed by atoms with E-state index in [4.69, 9.17) is 5.73 Å². The number of thiazole rings is 1. The van der Waals surface area contributed by atoms with Gasteiger partial charge in [0, 0.05) is 18.3 Å². The predicted molar refractivity (Wildman–Crippen MR) is 72.1 cm³/mol. The molecule has 8 heteroatoms. The van der Waals surface area contributed by atoms with E-state index in [9.17, 15) is 4.79 Å². The maximum Gasteiger partial charge on any atom is 0.274 e. The third-order valence-electron chi connectivity index (χ3n) is 2.69. The Morgan fingerprint density at radius 2 is 2.16 bits per heavy atom. The van der Waals surface area contributed by atoms with E-state index in [1.54, 1.807) is 6.92 Å². The van der Waals surface area contributed by atoms with Crippen LogP contribution in [0.15, 0.2) is 10.9 Å². The Morgan fingerprint density at radius 3 is 2.84 bits per heavy atom. The SMILES string of the molecule is Cc1cc(=O)n2[nH]c(-c3sc(CN)nc3C)nc2n1. The van der Waals surface area contributed by atoms with E-state index in [2.05, 4.69) is 20.1 Å². The number of nitrogens with zero attached hydrogens (tertiary/aromatic N) is 4. The molecule has 0 saturated heterocycles. The fourth-order valence-corrected chi connectivity index (χ4v) is 2.74. The van der Waals surface area contributed by atoms with Crippen LogP contribution in [0.4, 0.5) is 0 Å². The van der Waals surface area contributed by atoms with Crippen LogP contribution in [0.3, 0.4) is 0 Å². The van der Waals surface area contributed by atoms with E-state index in [0.717, 1.165) is 15.6 Å². The van der Waals surface area contributed by atoms with Crippen LogP contribution in [-0.2, 0) is 6.54 Å². The van der Waals surface area contributed by atoms with E-state index in [1.165, 1.54) is 21.9 Å². The summed E-state index contributed by atoms with van der Waals surface area (Å²) < 4.78 is 1.32. The predicted octanol–water partition coefficient (Wildman–Crippen LogP) is 0.617. The highest BCUT2D eigenvalue weighted by Crippen LogP contribution is 2.27. The molecule has 0 aliphatic carbocycles. The summed E-state index contributed by atoms with van der Waals surface area (Å²) in [7, 11) is 0. The zero-order valence-electron chi connectivity index (χ0n) is 10.5. The quantitative estimate of drug-likeness (QED) is 0.714. The number of aromatic nitrogens is 5. The van der Waals surface area contributed by atoms with Crippen LogP contribution in [-0.4, -0.2) is 24.6 Å². The molecule has 3 rings (SSSR count). The van der Waals surface area contributed by atoms with Gasteiger partial charge in [-0.2, -0.15) is 9.50 Å². The van der Waals surface area contributed by atoms with E-state index in [1.807, 2.05) is 6.92 Å². The largest absolute Gasteiger partial charge is 0.325 e. The summed E-state index contributed by atoms with van der Waals surface area (Å²) in [5, 5.41) is 3.78. The molecule has 0 radical (unpaired) electrons. The van der Waals surface area contributed by atoms with Crippen molar-refractivity contribution in [3.8, 4) is 10.7 Å². The molecule has 0 spiro atoms. The molecule has 3 N–H and O–H groups in total. The molecule has 0 fully saturated rings. The minimum Gasteiger partial charge on any atom is -0.325 e. The molecule has 0 unspecified atom stereocenters. The van der Waals surface area contributed by atoms with Gasteiger partial charge in [0.05, 0.1) is 10.6 Å². The van der Waals surface area contributed by atoms with Gasteiger partial charge in [0.25, 0.3) is 11.3 Å².